The molecular weight excluding hydrogens is 424 g/mol. The lowest BCUT2D eigenvalue weighted by Gasteiger charge is -2.35. The average molecular weight is 446 g/mol. The van der Waals surface area contributed by atoms with Crippen molar-refractivity contribution in [1.29, 1.82) is 0 Å². The van der Waals surface area contributed by atoms with E-state index in [1.807, 2.05) is 36.4 Å². The van der Waals surface area contributed by atoms with E-state index in [9.17, 15) is 8.78 Å². The Morgan fingerprint density at radius 1 is 1.06 bits per heavy atom. The Kier molecular flexibility index (Phi) is 6.87. The zero-order valence-corrected chi connectivity index (χ0v) is 17.6. The number of aromatic nitrogens is 1. The van der Waals surface area contributed by atoms with E-state index in [2.05, 4.69) is 9.72 Å². The van der Waals surface area contributed by atoms with Gasteiger partial charge in [-0.3, -0.25) is 9.98 Å². The van der Waals surface area contributed by atoms with Gasteiger partial charge in [-0.2, -0.15) is 8.78 Å². The molecule has 0 amide bonds. The van der Waals surface area contributed by atoms with E-state index in [4.69, 9.17) is 15.5 Å². The molecule has 3 aromatic rings. The van der Waals surface area contributed by atoms with Crippen LogP contribution in [0.2, 0.25) is 0 Å². The van der Waals surface area contributed by atoms with Gasteiger partial charge in [-0.05, 0) is 59.0 Å². The maximum absolute atomic E-state index is 12.7. The molecule has 4 rings (SSSR count). The van der Waals surface area contributed by atoms with Crippen LogP contribution in [-0.4, -0.2) is 30.6 Å². The lowest BCUT2D eigenvalue weighted by Crippen LogP contribution is -2.40. The SMILES string of the molecule is Cc1cc(C2(c3cccc(-c4cccnc4)c3)COCC(N)=N2)ccc1OC(F)F.Cl. The molecule has 0 bridgehead atoms. The van der Waals surface area contributed by atoms with Crippen LogP contribution in [0.1, 0.15) is 16.7 Å². The van der Waals surface area contributed by atoms with Gasteiger partial charge in [0, 0.05) is 12.4 Å². The van der Waals surface area contributed by atoms with Crippen LogP contribution in [0.4, 0.5) is 8.78 Å². The number of hydrogen-bond donors (Lipinski definition) is 1. The van der Waals surface area contributed by atoms with Crippen LogP contribution in [0.5, 0.6) is 5.75 Å². The smallest absolute Gasteiger partial charge is 0.387 e. The van der Waals surface area contributed by atoms with Crippen molar-refractivity contribution in [2.45, 2.75) is 19.1 Å². The molecule has 2 heterocycles. The third-order valence-electron chi connectivity index (χ3n) is 5.10. The summed E-state index contributed by atoms with van der Waals surface area (Å²) in [6.45, 7) is -0.641. The number of amidine groups is 1. The highest BCUT2D eigenvalue weighted by Crippen LogP contribution is 2.39. The molecular formula is C23H22ClF2N3O2. The van der Waals surface area contributed by atoms with Crippen LogP contribution in [0.15, 0.2) is 72.0 Å². The molecule has 0 radical (unpaired) electrons. The Hall–Kier alpha value is -3.03. The second-order valence-corrected chi connectivity index (χ2v) is 7.14. The Bertz CT molecular complexity index is 1080. The standard InChI is InChI=1S/C23H21F2N3O2.ClH/c1-15-10-19(7-8-20(15)30-22(24)25)23(14-29-13-21(26)28-23)18-6-2-4-16(11-18)17-5-3-9-27-12-17;/h2-12,22H,13-14H2,1H3,(H2,26,28);1H. The first-order valence-electron chi connectivity index (χ1n) is 9.47. The number of nitrogens with zero attached hydrogens (tertiary/aromatic N) is 2. The van der Waals surface area contributed by atoms with Crippen LogP contribution in [0, 0.1) is 6.92 Å². The fourth-order valence-electron chi connectivity index (χ4n) is 3.70. The average Bonchev–Trinajstić information content (AvgIpc) is 2.75. The van der Waals surface area contributed by atoms with Crippen molar-refractivity contribution in [2.75, 3.05) is 13.2 Å². The quantitative estimate of drug-likeness (QED) is 0.617. The van der Waals surface area contributed by atoms with Crippen molar-refractivity contribution < 1.29 is 18.3 Å². The van der Waals surface area contributed by atoms with Gasteiger partial charge in [0.25, 0.3) is 0 Å². The zero-order chi connectivity index (χ0) is 21.1. The molecule has 162 valence electrons. The van der Waals surface area contributed by atoms with Crippen molar-refractivity contribution in [3.8, 4) is 16.9 Å². The monoisotopic (exact) mass is 445 g/mol. The fraction of sp³-hybridized carbons (Fsp3) is 0.217. The first kappa shape index (κ1) is 22.7. The number of ether oxygens (including phenoxy) is 2. The number of benzene rings is 2. The summed E-state index contributed by atoms with van der Waals surface area (Å²) < 4.78 is 35.7. The molecule has 1 unspecified atom stereocenters. The molecule has 0 saturated heterocycles. The highest BCUT2D eigenvalue weighted by Gasteiger charge is 2.38. The first-order valence-corrected chi connectivity index (χ1v) is 9.47. The number of nitrogens with two attached hydrogens (primary N) is 1. The highest BCUT2D eigenvalue weighted by molar-refractivity contribution is 5.85. The highest BCUT2D eigenvalue weighted by atomic mass is 35.5. The van der Waals surface area contributed by atoms with Gasteiger partial charge in [0.15, 0.2) is 0 Å². The summed E-state index contributed by atoms with van der Waals surface area (Å²) in [4.78, 5) is 8.97. The topological polar surface area (TPSA) is 69.7 Å². The molecule has 31 heavy (non-hydrogen) atoms. The fourth-order valence-corrected chi connectivity index (χ4v) is 3.70. The van der Waals surface area contributed by atoms with Crippen molar-refractivity contribution in [1.82, 2.24) is 4.98 Å². The number of aliphatic imine (C=N–C) groups is 1. The number of aryl methyl sites for hydroxylation is 1. The molecule has 2 aromatic carbocycles. The minimum Gasteiger partial charge on any atom is -0.435 e. The summed E-state index contributed by atoms with van der Waals surface area (Å²) in [5.74, 6) is 0.500. The zero-order valence-electron chi connectivity index (χ0n) is 16.8. The summed E-state index contributed by atoms with van der Waals surface area (Å²) in [6.07, 6.45) is 3.52. The Morgan fingerprint density at radius 2 is 1.84 bits per heavy atom. The van der Waals surface area contributed by atoms with Gasteiger partial charge in [-0.25, -0.2) is 0 Å². The summed E-state index contributed by atoms with van der Waals surface area (Å²) in [7, 11) is 0. The predicted molar refractivity (Wildman–Crippen MR) is 118 cm³/mol. The van der Waals surface area contributed by atoms with E-state index in [1.165, 1.54) is 6.07 Å². The number of alkyl halides is 2. The normalized spacial score (nSPS) is 18.3. The Labute approximate surface area is 185 Å². The second-order valence-electron chi connectivity index (χ2n) is 7.14. The van der Waals surface area contributed by atoms with E-state index in [1.54, 1.807) is 31.5 Å². The first-order chi connectivity index (χ1) is 14.5. The van der Waals surface area contributed by atoms with Crippen LogP contribution >= 0.6 is 12.4 Å². The second kappa shape index (κ2) is 9.41. The molecule has 8 heteroatoms. The Balaban J connectivity index is 0.00000272. The van der Waals surface area contributed by atoms with E-state index in [-0.39, 0.29) is 31.4 Å². The predicted octanol–water partition coefficient (Wildman–Crippen LogP) is 4.71. The van der Waals surface area contributed by atoms with E-state index in [0.29, 0.717) is 11.4 Å². The van der Waals surface area contributed by atoms with Gasteiger partial charge < -0.3 is 15.2 Å². The summed E-state index contributed by atoms with van der Waals surface area (Å²) in [5.41, 5.74) is 9.36. The lowest BCUT2D eigenvalue weighted by molar-refractivity contribution is -0.0503. The maximum atomic E-state index is 12.7. The molecule has 1 aromatic heterocycles. The van der Waals surface area contributed by atoms with Crippen LogP contribution in [0.25, 0.3) is 11.1 Å². The van der Waals surface area contributed by atoms with E-state index < -0.39 is 12.2 Å². The Morgan fingerprint density at radius 3 is 2.52 bits per heavy atom. The largest absolute Gasteiger partial charge is 0.435 e. The molecule has 0 spiro atoms. The number of pyridine rings is 1. The van der Waals surface area contributed by atoms with Crippen molar-refractivity contribution in [3.05, 3.63) is 83.7 Å². The van der Waals surface area contributed by atoms with E-state index >= 15 is 0 Å². The van der Waals surface area contributed by atoms with Crippen molar-refractivity contribution in [2.24, 2.45) is 10.7 Å². The van der Waals surface area contributed by atoms with Crippen LogP contribution in [0.3, 0.4) is 0 Å². The molecule has 0 fully saturated rings. The third kappa shape index (κ3) is 4.68. The van der Waals surface area contributed by atoms with Gasteiger partial charge >= 0.3 is 6.61 Å². The van der Waals surface area contributed by atoms with Crippen molar-refractivity contribution in [3.63, 3.8) is 0 Å². The summed E-state index contributed by atoms with van der Waals surface area (Å²) >= 11 is 0. The van der Waals surface area contributed by atoms with Crippen LogP contribution in [-0.2, 0) is 10.3 Å². The van der Waals surface area contributed by atoms with Gasteiger partial charge in [0.05, 0.1) is 6.61 Å². The molecule has 1 aliphatic rings. The number of halogens is 3. The third-order valence-corrected chi connectivity index (χ3v) is 5.10. The molecule has 5 nitrogen and oxygen atoms in total. The number of hydrogen-bond acceptors (Lipinski definition) is 5. The molecule has 1 atom stereocenters. The molecule has 1 aliphatic heterocycles. The van der Waals surface area contributed by atoms with Gasteiger partial charge in [-0.15, -0.1) is 12.4 Å². The van der Waals surface area contributed by atoms with Gasteiger partial charge in [-0.1, -0.05) is 30.3 Å². The lowest BCUT2D eigenvalue weighted by atomic mass is 9.81. The van der Waals surface area contributed by atoms with Gasteiger partial charge in [0.1, 0.15) is 23.7 Å². The maximum Gasteiger partial charge on any atom is 0.387 e. The summed E-state index contributed by atoms with van der Waals surface area (Å²) in [6, 6.07) is 16.8. The van der Waals surface area contributed by atoms with Crippen molar-refractivity contribution >= 4 is 18.2 Å². The van der Waals surface area contributed by atoms with Crippen LogP contribution < -0.4 is 10.5 Å². The molecule has 0 saturated carbocycles. The minimum atomic E-state index is -2.88. The molecule has 0 aliphatic carbocycles. The number of rotatable bonds is 5. The minimum absolute atomic E-state index is 0. The summed E-state index contributed by atoms with van der Waals surface area (Å²) in [5, 5.41) is 0. The van der Waals surface area contributed by atoms with Gasteiger partial charge in [0.2, 0.25) is 0 Å². The van der Waals surface area contributed by atoms with E-state index in [0.717, 1.165) is 22.3 Å². The molecule has 2 N–H and O–H groups in total.